The molecule has 3 aliphatic carbocycles. The van der Waals surface area contributed by atoms with Gasteiger partial charge in [-0.1, -0.05) is 19.1 Å². The Morgan fingerprint density at radius 3 is 3.00 bits per heavy atom. The van der Waals surface area contributed by atoms with Crippen LogP contribution in [0.4, 0.5) is 0 Å². The lowest BCUT2D eigenvalue weighted by Crippen LogP contribution is -2.42. The minimum atomic E-state index is -0.143. The van der Waals surface area contributed by atoms with Crippen LogP contribution in [0.25, 0.3) is 0 Å². The molecule has 4 atom stereocenters. The first kappa shape index (κ1) is 12.2. The van der Waals surface area contributed by atoms with E-state index in [4.69, 9.17) is 0 Å². The fourth-order valence-corrected chi connectivity index (χ4v) is 4.84. The first-order chi connectivity index (χ1) is 9.59. The fraction of sp³-hybridized carbons (Fsp3) is 0.500. The summed E-state index contributed by atoms with van der Waals surface area (Å²) in [6.45, 7) is 2.16. The minimum absolute atomic E-state index is 0.143. The summed E-state index contributed by atoms with van der Waals surface area (Å²) < 4.78 is 0. The molecule has 0 spiro atoms. The highest BCUT2D eigenvalue weighted by molar-refractivity contribution is 5.97. The van der Waals surface area contributed by atoms with E-state index in [1.54, 1.807) is 0 Å². The molecule has 20 heavy (non-hydrogen) atoms. The molecule has 0 radical (unpaired) electrons. The van der Waals surface area contributed by atoms with Gasteiger partial charge in [-0.15, -0.1) is 0 Å². The van der Waals surface area contributed by atoms with E-state index in [2.05, 4.69) is 19.1 Å². The summed E-state index contributed by atoms with van der Waals surface area (Å²) in [5.41, 5.74) is 2.58. The summed E-state index contributed by atoms with van der Waals surface area (Å²) in [6, 6.07) is 5.84. The second kappa shape index (κ2) is 3.97. The number of phenols is 1. The SMILES string of the molecule is CC12CCC3c4ccc(O)cc4CCC3C1C=CC2=O. The third-order valence-electron chi connectivity index (χ3n) is 5.98. The molecule has 2 heteroatoms. The van der Waals surface area contributed by atoms with E-state index >= 15 is 0 Å². The summed E-state index contributed by atoms with van der Waals surface area (Å²) in [6.07, 6.45) is 8.25. The summed E-state index contributed by atoms with van der Waals surface area (Å²) >= 11 is 0. The van der Waals surface area contributed by atoms with E-state index in [1.807, 2.05) is 18.2 Å². The molecule has 0 aliphatic heterocycles. The van der Waals surface area contributed by atoms with Crippen molar-refractivity contribution in [3.05, 3.63) is 41.5 Å². The largest absolute Gasteiger partial charge is 0.508 e. The first-order valence-corrected chi connectivity index (χ1v) is 7.64. The van der Waals surface area contributed by atoms with Crippen molar-refractivity contribution in [3.8, 4) is 5.75 Å². The average molecular weight is 268 g/mol. The van der Waals surface area contributed by atoms with Gasteiger partial charge in [-0.2, -0.15) is 0 Å². The van der Waals surface area contributed by atoms with Crippen molar-refractivity contribution in [3.63, 3.8) is 0 Å². The number of benzene rings is 1. The molecule has 4 unspecified atom stereocenters. The summed E-state index contributed by atoms with van der Waals surface area (Å²) in [7, 11) is 0. The zero-order valence-electron chi connectivity index (χ0n) is 11.8. The van der Waals surface area contributed by atoms with Crippen molar-refractivity contribution in [2.24, 2.45) is 17.3 Å². The van der Waals surface area contributed by atoms with Crippen molar-refractivity contribution >= 4 is 5.78 Å². The Morgan fingerprint density at radius 1 is 1.30 bits per heavy atom. The van der Waals surface area contributed by atoms with Crippen LogP contribution in [-0.4, -0.2) is 10.9 Å². The number of aromatic hydroxyl groups is 1. The van der Waals surface area contributed by atoms with Gasteiger partial charge in [0.15, 0.2) is 5.78 Å². The molecule has 0 heterocycles. The number of phenolic OH excluding ortho intramolecular Hbond substituents is 1. The second-order valence-corrected chi connectivity index (χ2v) is 6.90. The van der Waals surface area contributed by atoms with Crippen LogP contribution in [0.2, 0.25) is 0 Å². The van der Waals surface area contributed by atoms with Crippen molar-refractivity contribution in [2.75, 3.05) is 0 Å². The standard InChI is InChI=1S/C18H20O2/c1-18-9-8-14-13-5-3-12(19)10-11(13)2-4-15(14)16(18)6-7-17(18)20/h3,5-7,10,14-16,19H,2,4,8-9H2,1H3. The first-order valence-electron chi connectivity index (χ1n) is 7.64. The van der Waals surface area contributed by atoms with E-state index in [0.29, 0.717) is 29.3 Å². The van der Waals surface area contributed by atoms with Crippen molar-refractivity contribution in [1.82, 2.24) is 0 Å². The Balaban J connectivity index is 1.75. The second-order valence-electron chi connectivity index (χ2n) is 6.90. The number of fused-ring (bicyclic) bond motifs is 5. The molecule has 104 valence electrons. The zero-order chi connectivity index (χ0) is 13.9. The van der Waals surface area contributed by atoms with Gasteiger partial charge in [-0.05, 0) is 72.8 Å². The maximum atomic E-state index is 12.2. The van der Waals surface area contributed by atoms with Crippen molar-refractivity contribution < 1.29 is 9.90 Å². The molecule has 1 fully saturated rings. The lowest BCUT2D eigenvalue weighted by Gasteiger charge is -2.48. The summed E-state index contributed by atoms with van der Waals surface area (Å²) in [5, 5.41) is 9.65. The smallest absolute Gasteiger partial charge is 0.161 e. The van der Waals surface area contributed by atoms with Crippen LogP contribution in [0.1, 0.15) is 43.2 Å². The van der Waals surface area contributed by atoms with E-state index in [9.17, 15) is 9.90 Å². The van der Waals surface area contributed by atoms with Gasteiger partial charge in [0, 0.05) is 5.41 Å². The highest BCUT2D eigenvalue weighted by Gasteiger charge is 2.52. The van der Waals surface area contributed by atoms with E-state index in [1.165, 1.54) is 11.1 Å². The van der Waals surface area contributed by atoms with Crippen LogP contribution in [-0.2, 0) is 11.2 Å². The quantitative estimate of drug-likeness (QED) is 0.780. The lowest BCUT2D eigenvalue weighted by atomic mass is 9.55. The van der Waals surface area contributed by atoms with Gasteiger partial charge >= 0.3 is 0 Å². The van der Waals surface area contributed by atoms with Gasteiger partial charge in [-0.25, -0.2) is 0 Å². The number of allylic oxidation sites excluding steroid dienone is 2. The Kier molecular flexibility index (Phi) is 2.42. The van der Waals surface area contributed by atoms with Gasteiger partial charge < -0.3 is 5.11 Å². The predicted octanol–water partition coefficient (Wildman–Crippen LogP) is 3.59. The summed E-state index contributed by atoms with van der Waals surface area (Å²) in [4.78, 5) is 12.2. The fourth-order valence-electron chi connectivity index (χ4n) is 4.84. The zero-order valence-corrected chi connectivity index (χ0v) is 11.8. The van der Waals surface area contributed by atoms with Gasteiger partial charge in [0.05, 0.1) is 0 Å². The van der Waals surface area contributed by atoms with Crippen molar-refractivity contribution in [1.29, 1.82) is 0 Å². The third kappa shape index (κ3) is 1.48. The number of carbonyl (C=O) groups is 1. The number of hydrogen-bond donors (Lipinski definition) is 1. The maximum absolute atomic E-state index is 12.2. The molecular weight excluding hydrogens is 248 g/mol. The highest BCUT2D eigenvalue weighted by Crippen LogP contribution is 2.57. The predicted molar refractivity (Wildman–Crippen MR) is 77.6 cm³/mol. The Labute approximate surface area is 119 Å². The molecule has 3 aliphatic rings. The topological polar surface area (TPSA) is 37.3 Å². The van der Waals surface area contributed by atoms with E-state index < -0.39 is 0 Å². The van der Waals surface area contributed by atoms with E-state index in [0.717, 1.165) is 25.7 Å². The van der Waals surface area contributed by atoms with Crippen LogP contribution in [0.3, 0.4) is 0 Å². The molecule has 2 nitrogen and oxygen atoms in total. The molecule has 0 aromatic heterocycles. The van der Waals surface area contributed by atoms with Gasteiger partial charge in [-0.3, -0.25) is 4.79 Å². The summed E-state index contributed by atoms with van der Waals surface area (Å²) in [5.74, 6) is 2.27. The van der Waals surface area contributed by atoms with Crippen LogP contribution in [0.15, 0.2) is 30.4 Å². The van der Waals surface area contributed by atoms with E-state index in [-0.39, 0.29) is 5.41 Å². The normalized spacial score (nSPS) is 38.2. The van der Waals surface area contributed by atoms with Gasteiger partial charge in [0.2, 0.25) is 0 Å². The number of aryl methyl sites for hydroxylation is 1. The molecule has 1 saturated carbocycles. The van der Waals surface area contributed by atoms with Crippen LogP contribution >= 0.6 is 0 Å². The van der Waals surface area contributed by atoms with Gasteiger partial charge in [0.1, 0.15) is 5.75 Å². The molecule has 1 aromatic carbocycles. The maximum Gasteiger partial charge on any atom is 0.161 e. The van der Waals surface area contributed by atoms with Gasteiger partial charge in [0.25, 0.3) is 0 Å². The molecular formula is C18H20O2. The van der Waals surface area contributed by atoms with Crippen LogP contribution in [0.5, 0.6) is 5.75 Å². The molecule has 0 amide bonds. The molecule has 1 aromatic rings. The third-order valence-corrected chi connectivity index (χ3v) is 5.98. The molecule has 1 N–H and O–H groups in total. The number of ketones is 1. The Morgan fingerprint density at radius 2 is 2.15 bits per heavy atom. The Bertz CT molecular complexity index is 616. The van der Waals surface area contributed by atoms with Crippen molar-refractivity contribution in [2.45, 2.75) is 38.5 Å². The minimum Gasteiger partial charge on any atom is -0.508 e. The molecule has 0 saturated heterocycles. The number of rotatable bonds is 0. The number of carbonyl (C=O) groups excluding carboxylic acids is 1. The monoisotopic (exact) mass is 268 g/mol. The van der Waals surface area contributed by atoms with Crippen LogP contribution in [0, 0.1) is 17.3 Å². The molecule has 0 bridgehead atoms. The lowest BCUT2D eigenvalue weighted by molar-refractivity contribution is -0.126. The number of hydrogen-bond acceptors (Lipinski definition) is 2. The molecule has 4 rings (SSSR count). The highest BCUT2D eigenvalue weighted by atomic mass is 16.3. The average Bonchev–Trinajstić information content (AvgIpc) is 2.74. The van der Waals surface area contributed by atoms with Crippen LogP contribution < -0.4 is 0 Å². The Hall–Kier alpha value is -1.57.